The minimum atomic E-state index is 0.363. The van der Waals surface area contributed by atoms with E-state index in [0.717, 1.165) is 24.5 Å². The van der Waals surface area contributed by atoms with Gasteiger partial charge in [-0.25, -0.2) is 0 Å². The lowest BCUT2D eigenvalue weighted by molar-refractivity contribution is 0.570. The molecule has 0 amide bonds. The zero-order valence-electron chi connectivity index (χ0n) is 13.0. The van der Waals surface area contributed by atoms with E-state index < -0.39 is 0 Å². The Morgan fingerprint density at radius 1 is 1.40 bits per heavy atom. The highest BCUT2D eigenvalue weighted by atomic mass is 35.5. The Labute approximate surface area is 128 Å². The van der Waals surface area contributed by atoms with Gasteiger partial charge in [-0.2, -0.15) is 0 Å². The van der Waals surface area contributed by atoms with E-state index in [4.69, 9.17) is 11.6 Å². The van der Waals surface area contributed by atoms with Crippen LogP contribution in [0.15, 0.2) is 18.2 Å². The molecule has 1 aromatic carbocycles. The molecule has 2 unspecified atom stereocenters. The van der Waals surface area contributed by atoms with E-state index in [1.807, 2.05) is 0 Å². The third-order valence-corrected chi connectivity index (χ3v) is 4.63. The highest BCUT2D eigenvalue weighted by Crippen LogP contribution is 2.34. The summed E-state index contributed by atoms with van der Waals surface area (Å²) in [5.74, 6) is 0. The fourth-order valence-electron chi connectivity index (χ4n) is 3.08. The van der Waals surface area contributed by atoms with Crippen LogP contribution in [0, 0.1) is 0 Å². The lowest BCUT2D eigenvalue weighted by atomic mass is 10.1. The quantitative estimate of drug-likeness (QED) is 0.812. The van der Waals surface area contributed by atoms with Crippen molar-refractivity contribution in [1.29, 1.82) is 0 Å². The Kier molecular flexibility index (Phi) is 5.74. The summed E-state index contributed by atoms with van der Waals surface area (Å²) >= 11 is 6.54. The molecule has 0 aliphatic carbocycles. The SMILES string of the molecule is CCCNC(C)c1ccc(N2CCCC2CC)c(Cl)c1. The van der Waals surface area contributed by atoms with E-state index in [9.17, 15) is 0 Å². The molecule has 1 aliphatic rings. The summed E-state index contributed by atoms with van der Waals surface area (Å²) in [6.45, 7) is 8.84. The first-order valence-corrected chi connectivity index (χ1v) is 8.34. The second kappa shape index (κ2) is 7.33. The maximum atomic E-state index is 6.54. The molecule has 1 fully saturated rings. The van der Waals surface area contributed by atoms with Crippen LogP contribution < -0.4 is 10.2 Å². The highest BCUT2D eigenvalue weighted by Gasteiger charge is 2.24. The van der Waals surface area contributed by atoms with Gasteiger partial charge in [0.15, 0.2) is 0 Å². The minimum absolute atomic E-state index is 0.363. The van der Waals surface area contributed by atoms with Crippen molar-refractivity contribution >= 4 is 17.3 Å². The average Bonchev–Trinajstić information content (AvgIpc) is 2.92. The van der Waals surface area contributed by atoms with E-state index in [2.05, 4.69) is 49.2 Å². The summed E-state index contributed by atoms with van der Waals surface area (Å²) in [4.78, 5) is 2.48. The standard InChI is InChI=1S/C17H27ClN2/c1-4-10-19-13(3)14-8-9-17(16(18)12-14)20-11-6-7-15(20)5-2/h8-9,12-13,15,19H,4-7,10-11H2,1-3H3. The zero-order valence-corrected chi connectivity index (χ0v) is 13.7. The van der Waals surface area contributed by atoms with Gasteiger partial charge in [-0.3, -0.25) is 0 Å². The molecule has 0 radical (unpaired) electrons. The minimum Gasteiger partial charge on any atom is -0.367 e. The first-order valence-electron chi connectivity index (χ1n) is 7.96. The molecule has 1 aliphatic heterocycles. The Balaban J connectivity index is 2.13. The van der Waals surface area contributed by atoms with Gasteiger partial charge >= 0.3 is 0 Å². The summed E-state index contributed by atoms with van der Waals surface area (Å²) in [6, 6.07) is 7.58. The number of nitrogens with one attached hydrogen (secondary N) is 1. The van der Waals surface area contributed by atoms with E-state index in [1.165, 1.54) is 30.5 Å². The van der Waals surface area contributed by atoms with Crippen molar-refractivity contribution in [2.45, 2.75) is 58.5 Å². The molecule has 0 aromatic heterocycles. The topological polar surface area (TPSA) is 15.3 Å². The first kappa shape index (κ1) is 15.7. The highest BCUT2D eigenvalue weighted by molar-refractivity contribution is 6.33. The molecule has 2 rings (SSSR count). The van der Waals surface area contributed by atoms with E-state index in [0.29, 0.717) is 12.1 Å². The number of nitrogens with zero attached hydrogens (tertiary/aromatic N) is 1. The summed E-state index contributed by atoms with van der Waals surface area (Å²) < 4.78 is 0. The van der Waals surface area contributed by atoms with E-state index >= 15 is 0 Å². The normalized spacial score (nSPS) is 20.4. The first-order chi connectivity index (χ1) is 9.67. The molecular formula is C17H27ClN2. The number of hydrogen-bond donors (Lipinski definition) is 1. The number of anilines is 1. The van der Waals surface area contributed by atoms with Crippen LogP contribution in [0.25, 0.3) is 0 Å². The molecule has 0 bridgehead atoms. The summed E-state index contributed by atoms with van der Waals surface area (Å²) in [7, 11) is 0. The molecular weight excluding hydrogens is 268 g/mol. The van der Waals surface area contributed by atoms with E-state index in [-0.39, 0.29) is 0 Å². The molecule has 20 heavy (non-hydrogen) atoms. The second-order valence-corrected chi connectivity index (χ2v) is 6.19. The van der Waals surface area contributed by atoms with Gasteiger partial charge in [0.1, 0.15) is 0 Å². The Hall–Kier alpha value is -0.730. The van der Waals surface area contributed by atoms with Gasteiger partial charge in [0, 0.05) is 18.6 Å². The molecule has 1 saturated heterocycles. The number of rotatable bonds is 6. The molecule has 2 atom stereocenters. The summed E-state index contributed by atoms with van der Waals surface area (Å²) in [5, 5.41) is 4.41. The van der Waals surface area contributed by atoms with Gasteiger partial charge < -0.3 is 10.2 Å². The smallest absolute Gasteiger partial charge is 0.0642 e. The molecule has 3 heteroatoms. The van der Waals surface area contributed by atoms with Gasteiger partial charge in [-0.15, -0.1) is 0 Å². The predicted octanol–water partition coefficient (Wildman–Crippen LogP) is 4.78. The van der Waals surface area contributed by atoms with Crippen molar-refractivity contribution < 1.29 is 0 Å². The fraction of sp³-hybridized carbons (Fsp3) is 0.647. The van der Waals surface area contributed by atoms with Crippen molar-refractivity contribution in [3.05, 3.63) is 28.8 Å². The van der Waals surface area contributed by atoms with Crippen molar-refractivity contribution in [3.63, 3.8) is 0 Å². The number of hydrogen-bond acceptors (Lipinski definition) is 2. The Bertz CT molecular complexity index is 433. The molecule has 0 saturated carbocycles. The lowest BCUT2D eigenvalue weighted by Crippen LogP contribution is -2.28. The average molecular weight is 295 g/mol. The monoisotopic (exact) mass is 294 g/mol. The van der Waals surface area contributed by atoms with Crippen molar-refractivity contribution in [2.24, 2.45) is 0 Å². The third kappa shape index (κ3) is 3.48. The summed E-state index contributed by atoms with van der Waals surface area (Å²) in [5.41, 5.74) is 2.49. The Morgan fingerprint density at radius 3 is 2.85 bits per heavy atom. The second-order valence-electron chi connectivity index (χ2n) is 5.78. The largest absolute Gasteiger partial charge is 0.367 e. The molecule has 1 heterocycles. The zero-order chi connectivity index (χ0) is 14.5. The van der Waals surface area contributed by atoms with Gasteiger partial charge in [0.2, 0.25) is 0 Å². The predicted molar refractivity (Wildman–Crippen MR) is 88.8 cm³/mol. The van der Waals surface area contributed by atoms with Crippen LogP contribution in [0.4, 0.5) is 5.69 Å². The molecule has 1 aromatic rings. The van der Waals surface area contributed by atoms with Gasteiger partial charge in [0.25, 0.3) is 0 Å². The van der Waals surface area contributed by atoms with Crippen LogP contribution in [-0.4, -0.2) is 19.1 Å². The van der Waals surface area contributed by atoms with Crippen LogP contribution in [0.2, 0.25) is 5.02 Å². The molecule has 2 nitrogen and oxygen atoms in total. The molecule has 0 spiro atoms. The lowest BCUT2D eigenvalue weighted by Gasteiger charge is -2.27. The maximum absolute atomic E-state index is 6.54. The van der Waals surface area contributed by atoms with Gasteiger partial charge in [-0.1, -0.05) is 31.5 Å². The van der Waals surface area contributed by atoms with Crippen LogP contribution in [0.1, 0.15) is 58.1 Å². The van der Waals surface area contributed by atoms with Crippen LogP contribution >= 0.6 is 11.6 Å². The van der Waals surface area contributed by atoms with Gasteiger partial charge in [0.05, 0.1) is 10.7 Å². The number of benzene rings is 1. The van der Waals surface area contributed by atoms with E-state index in [1.54, 1.807) is 0 Å². The number of halogens is 1. The van der Waals surface area contributed by atoms with Crippen LogP contribution in [0.3, 0.4) is 0 Å². The van der Waals surface area contributed by atoms with Crippen molar-refractivity contribution in [3.8, 4) is 0 Å². The van der Waals surface area contributed by atoms with Gasteiger partial charge in [-0.05, 0) is 56.8 Å². The molecule has 1 N–H and O–H groups in total. The summed E-state index contributed by atoms with van der Waals surface area (Å²) in [6.07, 6.45) is 4.93. The fourth-order valence-corrected chi connectivity index (χ4v) is 3.38. The maximum Gasteiger partial charge on any atom is 0.0642 e. The van der Waals surface area contributed by atoms with Crippen LogP contribution in [-0.2, 0) is 0 Å². The van der Waals surface area contributed by atoms with Crippen molar-refractivity contribution in [2.75, 3.05) is 18.0 Å². The van der Waals surface area contributed by atoms with Crippen molar-refractivity contribution in [1.82, 2.24) is 5.32 Å². The van der Waals surface area contributed by atoms with Crippen LogP contribution in [0.5, 0.6) is 0 Å². The Morgan fingerprint density at radius 2 is 2.20 bits per heavy atom. The third-order valence-electron chi connectivity index (χ3n) is 4.33. The molecule has 112 valence electrons.